The molecule has 3 rings (SSSR count). The maximum absolute atomic E-state index is 4.20. The van der Waals surface area contributed by atoms with Crippen LogP contribution >= 0.6 is 0 Å². The Hall–Kier alpha value is -1.61. The molecule has 1 saturated carbocycles. The van der Waals surface area contributed by atoms with Crippen molar-refractivity contribution in [2.75, 3.05) is 6.54 Å². The van der Waals surface area contributed by atoms with Gasteiger partial charge in [0.25, 0.3) is 0 Å². The lowest BCUT2D eigenvalue weighted by Crippen LogP contribution is -2.48. The molecule has 1 fully saturated rings. The van der Waals surface area contributed by atoms with Crippen LogP contribution in [0.25, 0.3) is 0 Å². The Morgan fingerprint density at radius 1 is 1.30 bits per heavy atom. The van der Waals surface area contributed by atoms with Crippen LogP contribution in [0.4, 0.5) is 0 Å². The van der Waals surface area contributed by atoms with E-state index in [1.807, 2.05) is 17.9 Å². The molecular weight excluding hydrogens is 246 g/mol. The third-order valence-electron chi connectivity index (χ3n) is 4.58. The monoisotopic (exact) mass is 269 g/mol. The number of hydrogen-bond donors (Lipinski definition) is 1. The highest BCUT2D eigenvalue weighted by molar-refractivity contribution is 5.24. The van der Waals surface area contributed by atoms with E-state index in [0.717, 1.165) is 24.8 Å². The van der Waals surface area contributed by atoms with Crippen LogP contribution in [0.15, 0.2) is 42.7 Å². The van der Waals surface area contributed by atoms with Gasteiger partial charge in [-0.15, -0.1) is 0 Å². The Labute approximate surface area is 121 Å². The van der Waals surface area contributed by atoms with Crippen molar-refractivity contribution in [3.05, 3.63) is 53.9 Å². The third kappa shape index (κ3) is 2.78. The molecule has 0 aliphatic heterocycles. The second kappa shape index (κ2) is 5.80. The van der Waals surface area contributed by atoms with Gasteiger partial charge in [0.05, 0.1) is 6.20 Å². The Bertz CT molecular complexity index is 546. The molecule has 0 unspecified atom stereocenters. The Balaban J connectivity index is 1.45. The summed E-state index contributed by atoms with van der Waals surface area (Å²) >= 11 is 0. The molecule has 1 heterocycles. The van der Waals surface area contributed by atoms with Gasteiger partial charge in [-0.3, -0.25) is 4.68 Å². The van der Waals surface area contributed by atoms with E-state index in [1.54, 1.807) is 0 Å². The summed E-state index contributed by atoms with van der Waals surface area (Å²) in [6, 6.07) is 11.6. The van der Waals surface area contributed by atoms with E-state index in [0.29, 0.717) is 6.04 Å². The van der Waals surface area contributed by atoms with E-state index in [9.17, 15) is 0 Å². The number of hydrogen-bond acceptors (Lipinski definition) is 2. The first-order chi connectivity index (χ1) is 9.74. The molecule has 1 aliphatic carbocycles. The standard InChI is InChI=1S/C17H23N3/c1-13-16(15-6-4-3-5-7-15)10-17(13)18-9-8-14-11-19-20(2)12-14/h3-7,11-13,16-18H,8-10H2,1-2H3/t13-,16-,17-/m0/s1. The molecule has 1 N–H and O–H groups in total. The van der Waals surface area contributed by atoms with Gasteiger partial charge >= 0.3 is 0 Å². The van der Waals surface area contributed by atoms with Gasteiger partial charge in [-0.1, -0.05) is 37.3 Å². The molecule has 0 saturated heterocycles. The summed E-state index contributed by atoms with van der Waals surface area (Å²) in [6.45, 7) is 3.41. The van der Waals surface area contributed by atoms with E-state index in [2.05, 4.69) is 53.9 Å². The lowest BCUT2D eigenvalue weighted by atomic mass is 9.67. The first-order valence-electron chi connectivity index (χ1n) is 7.50. The van der Waals surface area contributed by atoms with Gasteiger partial charge in [0.2, 0.25) is 0 Å². The van der Waals surface area contributed by atoms with Crippen LogP contribution in [-0.2, 0) is 13.5 Å². The van der Waals surface area contributed by atoms with Crippen LogP contribution in [0.2, 0.25) is 0 Å². The molecule has 3 atom stereocenters. The van der Waals surface area contributed by atoms with Crippen molar-refractivity contribution in [3.8, 4) is 0 Å². The van der Waals surface area contributed by atoms with Crippen LogP contribution < -0.4 is 5.32 Å². The molecule has 0 radical (unpaired) electrons. The minimum Gasteiger partial charge on any atom is -0.313 e. The van der Waals surface area contributed by atoms with Crippen LogP contribution in [0.1, 0.15) is 30.4 Å². The van der Waals surface area contributed by atoms with E-state index in [1.165, 1.54) is 17.5 Å². The van der Waals surface area contributed by atoms with Crippen molar-refractivity contribution in [2.24, 2.45) is 13.0 Å². The van der Waals surface area contributed by atoms with Gasteiger partial charge in [0.1, 0.15) is 0 Å². The first-order valence-corrected chi connectivity index (χ1v) is 7.50. The maximum atomic E-state index is 4.20. The lowest BCUT2D eigenvalue weighted by Gasteiger charge is -2.44. The van der Waals surface area contributed by atoms with Gasteiger partial charge in [0.15, 0.2) is 0 Å². The van der Waals surface area contributed by atoms with Gasteiger partial charge in [0, 0.05) is 19.3 Å². The normalized spacial score (nSPS) is 25.4. The molecule has 3 heteroatoms. The minimum atomic E-state index is 0.664. The fourth-order valence-corrected chi connectivity index (χ4v) is 3.20. The Morgan fingerprint density at radius 3 is 2.75 bits per heavy atom. The van der Waals surface area contributed by atoms with Crippen molar-refractivity contribution in [1.29, 1.82) is 0 Å². The van der Waals surface area contributed by atoms with Crippen molar-refractivity contribution in [2.45, 2.75) is 31.7 Å². The van der Waals surface area contributed by atoms with Gasteiger partial charge in [-0.25, -0.2) is 0 Å². The smallest absolute Gasteiger partial charge is 0.0522 e. The quantitative estimate of drug-likeness (QED) is 0.904. The summed E-state index contributed by atoms with van der Waals surface area (Å²) in [5, 5.41) is 7.89. The second-order valence-corrected chi connectivity index (χ2v) is 5.94. The van der Waals surface area contributed by atoms with Gasteiger partial charge in [-0.05, 0) is 42.3 Å². The van der Waals surface area contributed by atoms with E-state index < -0.39 is 0 Å². The first kappa shape index (κ1) is 13.4. The highest BCUT2D eigenvalue weighted by atomic mass is 15.2. The van der Waals surface area contributed by atoms with Gasteiger partial charge < -0.3 is 5.32 Å². The minimum absolute atomic E-state index is 0.664. The number of nitrogens with one attached hydrogen (secondary N) is 1. The van der Waals surface area contributed by atoms with Crippen molar-refractivity contribution in [1.82, 2.24) is 15.1 Å². The second-order valence-electron chi connectivity index (χ2n) is 5.94. The molecular formula is C17H23N3. The largest absolute Gasteiger partial charge is 0.313 e. The third-order valence-corrected chi connectivity index (χ3v) is 4.58. The van der Waals surface area contributed by atoms with E-state index >= 15 is 0 Å². The number of nitrogens with zero attached hydrogens (tertiary/aromatic N) is 2. The number of aryl methyl sites for hydroxylation is 1. The number of aromatic nitrogens is 2. The zero-order chi connectivity index (χ0) is 13.9. The lowest BCUT2D eigenvalue weighted by molar-refractivity contribution is 0.185. The zero-order valence-corrected chi connectivity index (χ0v) is 12.3. The van der Waals surface area contributed by atoms with Crippen LogP contribution in [0, 0.1) is 5.92 Å². The van der Waals surface area contributed by atoms with Crippen molar-refractivity contribution in [3.63, 3.8) is 0 Å². The number of benzene rings is 1. The molecule has 20 heavy (non-hydrogen) atoms. The molecule has 106 valence electrons. The van der Waals surface area contributed by atoms with Crippen LogP contribution in [0.5, 0.6) is 0 Å². The van der Waals surface area contributed by atoms with Crippen molar-refractivity contribution < 1.29 is 0 Å². The molecule has 1 aromatic carbocycles. The Morgan fingerprint density at radius 2 is 2.10 bits per heavy atom. The van der Waals surface area contributed by atoms with E-state index in [-0.39, 0.29) is 0 Å². The van der Waals surface area contributed by atoms with Crippen LogP contribution in [0.3, 0.4) is 0 Å². The molecule has 2 aromatic rings. The summed E-state index contributed by atoms with van der Waals surface area (Å²) in [5.41, 5.74) is 2.80. The average molecular weight is 269 g/mol. The molecule has 0 bridgehead atoms. The highest BCUT2D eigenvalue weighted by Gasteiger charge is 2.37. The summed E-state index contributed by atoms with van der Waals surface area (Å²) in [5.74, 6) is 1.46. The Kier molecular flexibility index (Phi) is 3.88. The van der Waals surface area contributed by atoms with Crippen LogP contribution in [-0.4, -0.2) is 22.4 Å². The van der Waals surface area contributed by atoms with E-state index in [4.69, 9.17) is 0 Å². The highest BCUT2D eigenvalue weighted by Crippen LogP contribution is 2.42. The fraction of sp³-hybridized carbons (Fsp3) is 0.471. The molecule has 3 nitrogen and oxygen atoms in total. The van der Waals surface area contributed by atoms with Gasteiger partial charge in [-0.2, -0.15) is 5.10 Å². The zero-order valence-electron chi connectivity index (χ0n) is 12.3. The van der Waals surface area contributed by atoms with Crippen molar-refractivity contribution >= 4 is 0 Å². The topological polar surface area (TPSA) is 29.9 Å². The summed E-state index contributed by atoms with van der Waals surface area (Å²) in [6.07, 6.45) is 6.38. The molecule has 0 amide bonds. The average Bonchev–Trinajstić information content (AvgIpc) is 2.88. The predicted molar refractivity (Wildman–Crippen MR) is 81.7 cm³/mol. The summed E-state index contributed by atoms with van der Waals surface area (Å²) in [7, 11) is 1.97. The summed E-state index contributed by atoms with van der Waals surface area (Å²) in [4.78, 5) is 0. The fourth-order valence-electron chi connectivity index (χ4n) is 3.20. The maximum Gasteiger partial charge on any atom is 0.0522 e. The molecule has 1 aromatic heterocycles. The molecule has 1 aliphatic rings. The summed E-state index contributed by atoms with van der Waals surface area (Å²) < 4.78 is 1.87. The predicted octanol–water partition coefficient (Wildman–Crippen LogP) is 2.74. The molecule has 0 spiro atoms. The number of rotatable bonds is 5. The SMILES string of the molecule is C[C@@H]1[C@@H](NCCc2cnn(C)c2)C[C@@H]1c1ccccc1.